The average molecular weight is 237 g/mol. The fourth-order valence-electron chi connectivity index (χ4n) is 1.52. The standard InChI is InChI=1S/C13H23N3O/c1-16(11-12-17-2)10-9-14-8-6-13-5-3-4-7-15-13/h3-5,7,14H,6,8-12H2,1-2H3. The van der Waals surface area contributed by atoms with E-state index in [0.717, 1.165) is 44.9 Å². The molecule has 0 aliphatic carbocycles. The molecule has 1 aromatic heterocycles. The van der Waals surface area contributed by atoms with Gasteiger partial charge in [0.1, 0.15) is 0 Å². The molecule has 1 rings (SSSR count). The van der Waals surface area contributed by atoms with Crippen LogP contribution in [-0.4, -0.2) is 56.8 Å². The molecule has 0 aliphatic heterocycles. The van der Waals surface area contributed by atoms with E-state index < -0.39 is 0 Å². The van der Waals surface area contributed by atoms with Gasteiger partial charge < -0.3 is 15.0 Å². The SMILES string of the molecule is COCCN(C)CCNCCc1ccccn1. The number of hydrogen-bond acceptors (Lipinski definition) is 4. The topological polar surface area (TPSA) is 37.4 Å². The van der Waals surface area contributed by atoms with Crippen molar-refractivity contribution in [3.8, 4) is 0 Å². The minimum Gasteiger partial charge on any atom is -0.383 e. The van der Waals surface area contributed by atoms with Crippen LogP contribution < -0.4 is 5.32 Å². The molecule has 4 heteroatoms. The third-order valence-electron chi connectivity index (χ3n) is 2.63. The molecule has 96 valence electrons. The van der Waals surface area contributed by atoms with Gasteiger partial charge in [-0.15, -0.1) is 0 Å². The van der Waals surface area contributed by atoms with Crippen LogP contribution in [-0.2, 0) is 11.2 Å². The first-order valence-corrected chi connectivity index (χ1v) is 6.11. The number of hydrogen-bond donors (Lipinski definition) is 1. The minimum absolute atomic E-state index is 0.796. The first-order chi connectivity index (χ1) is 8.33. The summed E-state index contributed by atoms with van der Waals surface area (Å²) in [5.74, 6) is 0. The highest BCUT2D eigenvalue weighted by Gasteiger charge is 1.97. The van der Waals surface area contributed by atoms with Crippen molar-refractivity contribution < 1.29 is 4.74 Å². The van der Waals surface area contributed by atoms with Crippen molar-refractivity contribution in [2.45, 2.75) is 6.42 Å². The molecular formula is C13H23N3O. The van der Waals surface area contributed by atoms with E-state index in [2.05, 4.69) is 28.3 Å². The van der Waals surface area contributed by atoms with Gasteiger partial charge in [0, 0.05) is 51.6 Å². The summed E-state index contributed by atoms with van der Waals surface area (Å²) < 4.78 is 5.03. The Morgan fingerprint density at radius 3 is 2.88 bits per heavy atom. The fourth-order valence-corrected chi connectivity index (χ4v) is 1.52. The first kappa shape index (κ1) is 14.1. The van der Waals surface area contributed by atoms with Crippen molar-refractivity contribution in [1.82, 2.24) is 15.2 Å². The second kappa shape index (κ2) is 9.10. The zero-order chi connectivity index (χ0) is 12.3. The Morgan fingerprint density at radius 2 is 2.18 bits per heavy atom. The van der Waals surface area contributed by atoms with Gasteiger partial charge in [0.25, 0.3) is 0 Å². The number of likely N-dealkylation sites (N-methyl/N-ethyl adjacent to an activating group) is 1. The molecule has 0 fully saturated rings. The van der Waals surface area contributed by atoms with E-state index >= 15 is 0 Å². The normalized spacial score (nSPS) is 11.0. The maximum Gasteiger partial charge on any atom is 0.0589 e. The second-order valence-corrected chi connectivity index (χ2v) is 4.12. The summed E-state index contributed by atoms with van der Waals surface area (Å²) in [7, 11) is 3.85. The molecule has 0 amide bonds. The molecule has 0 bridgehead atoms. The van der Waals surface area contributed by atoms with E-state index in [4.69, 9.17) is 4.74 Å². The predicted molar refractivity (Wildman–Crippen MR) is 70.2 cm³/mol. The maximum atomic E-state index is 5.03. The molecule has 0 unspecified atom stereocenters. The van der Waals surface area contributed by atoms with E-state index in [1.54, 1.807) is 7.11 Å². The first-order valence-electron chi connectivity index (χ1n) is 6.11. The lowest BCUT2D eigenvalue weighted by Gasteiger charge is -2.16. The molecule has 0 saturated heterocycles. The predicted octanol–water partition coefficient (Wildman–Crippen LogP) is 0.792. The van der Waals surface area contributed by atoms with Crippen LogP contribution in [0, 0.1) is 0 Å². The molecule has 0 atom stereocenters. The van der Waals surface area contributed by atoms with E-state index in [9.17, 15) is 0 Å². The zero-order valence-electron chi connectivity index (χ0n) is 10.9. The summed E-state index contributed by atoms with van der Waals surface area (Å²) in [5.41, 5.74) is 1.15. The quantitative estimate of drug-likeness (QED) is 0.644. The third-order valence-corrected chi connectivity index (χ3v) is 2.63. The van der Waals surface area contributed by atoms with E-state index in [0.29, 0.717) is 0 Å². The van der Waals surface area contributed by atoms with Gasteiger partial charge in [-0.2, -0.15) is 0 Å². The Labute approximate surface area is 104 Å². The van der Waals surface area contributed by atoms with Gasteiger partial charge in [0.15, 0.2) is 0 Å². The summed E-state index contributed by atoms with van der Waals surface area (Å²) in [4.78, 5) is 6.55. The third kappa shape index (κ3) is 7.05. The molecule has 0 radical (unpaired) electrons. The number of pyridine rings is 1. The molecule has 1 N–H and O–H groups in total. The van der Waals surface area contributed by atoms with E-state index in [1.165, 1.54) is 0 Å². The average Bonchev–Trinajstić information content (AvgIpc) is 2.37. The van der Waals surface area contributed by atoms with Crippen LogP contribution in [0.1, 0.15) is 5.69 Å². The zero-order valence-corrected chi connectivity index (χ0v) is 10.9. The molecule has 0 spiro atoms. The second-order valence-electron chi connectivity index (χ2n) is 4.12. The molecule has 4 nitrogen and oxygen atoms in total. The molecule has 17 heavy (non-hydrogen) atoms. The number of aromatic nitrogens is 1. The maximum absolute atomic E-state index is 5.03. The van der Waals surface area contributed by atoms with Crippen LogP contribution >= 0.6 is 0 Å². The highest BCUT2D eigenvalue weighted by atomic mass is 16.5. The van der Waals surface area contributed by atoms with Gasteiger partial charge in [-0.1, -0.05) is 6.07 Å². The number of ether oxygens (including phenoxy) is 1. The van der Waals surface area contributed by atoms with Gasteiger partial charge in [0.2, 0.25) is 0 Å². The molecule has 0 aromatic carbocycles. The van der Waals surface area contributed by atoms with Gasteiger partial charge in [-0.25, -0.2) is 0 Å². The Kier molecular flexibility index (Phi) is 7.54. The Bertz CT molecular complexity index is 279. The molecule has 1 heterocycles. The molecular weight excluding hydrogens is 214 g/mol. The summed E-state index contributed by atoms with van der Waals surface area (Å²) in [5, 5.41) is 3.42. The van der Waals surface area contributed by atoms with Crippen LogP contribution in [0.3, 0.4) is 0 Å². The molecule has 0 aliphatic rings. The van der Waals surface area contributed by atoms with Crippen LogP contribution in [0.2, 0.25) is 0 Å². The van der Waals surface area contributed by atoms with Crippen molar-refractivity contribution in [1.29, 1.82) is 0 Å². The van der Waals surface area contributed by atoms with Crippen LogP contribution in [0.5, 0.6) is 0 Å². The van der Waals surface area contributed by atoms with Gasteiger partial charge in [-0.05, 0) is 19.2 Å². The van der Waals surface area contributed by atoms with Gasteiger partial charge >= 0.3 is 0 Å². The van der Waals surface area contributed by atoms with Crippen molar-refractivity contribution in [2.75, 3.05) is 46.9 Å². The van der Waals surface area contributed by atoms with Crippen molar-refractivity contribution >= 4 is 0 Å². The summed E-state index contributed by atoms with van der Waals surface area (Å²) >= 11 is 0. The summed E-state index contributed by atoms with van der Waals surface area (Å²) in [6, 6.07) is 6.04. The molecule has 0 saturated carbocycles. The smallest absolute Gasteiger partial charge is 0.0589 e. The Hall–Kier alpha value is -0.970. The lowest BCUT2D eigenvalue weighted by atomic mass is 10.3. The van der Waals surface area contributed by atoms with E-state index in [-0.39, 0.29) is 0 Å². The van der Waals surface area contributed by atoms with Gasteiger partial charge in [-0.3, -0.25) is 4.98 Å². The Balaban J connectivity index is 1.97. The minimum atomic E-state index is 0.796. The largest absolute Gasteiger partial charge is 0.383 e. The lowest BCUT2D eigenvalue weighted by molar-refractivity contribution is 0.161. The number of rotatable bonds is 9. The number of nitrogens with one attached hydrogen (secondary N) is 1. The Morgan fingerprint density at radius 1 is 1.29 bits per heavy atom. The van der Waals surface area contributed by atoms with Crippen LogP contribution in [0.15, 0.2) is 24.4 Å². The molecule has 1 aromatic rings. The fraction of sp³-hybridized carbons (Fsp3) is 0.615. The van der Waals surface area contributed by atoms with Crippen LogP contribution in [0.25, 0.3) is 0 Å². The summed E-state index contributed by atoms with van der Waals surface area (Å²) in [6.45, 7) is 4.82. The summed E-state index contributed by atoms with van der Waals surface area (Å²) in [6.07, 6.45) is 2.83. The monoisotopic (exact) mass is 237 g/mol. The van der Waals surface area contributed by atoms with Crippen LogP contribution in [0.4, 0.5) is 0 Å². The highest BCUT2D eigenvalue weighted by Crippen LogP contribution is 1.92. The van der Waals surface area contributed by atoms with Crippen molar-refractivity contribution in [2.24, 2.45) is 0 Å². The number of methoxy groups -OCH3 is 1. The van der Waals surface area contributed by atoms with Gasteiger partial charge in [0.05, 0.1) is 6.61 Å². The highest BCUT2D eigenvalue weighted by molar-refractivity contribution is 5.03. The number of nitrogens with zero attached hydrogens (tertiary/aromatic N) is 2. The lowest BCUT2D eigenvalue weighted by Crippen LogP contribution is -2.32. The van der Waals surface area contributed by atoms with Crippen molar-refractivity contribution in [3.05, 3.63) is 30.1 Å². The van der Waals surface area contributed by atoms with E-state index in [1.807, 2.05) is 18.3 Å². The van der Waals surface area contributed by atoms with Crippen molar-refractivity contribution in [3.63, 3.8) is 0 Å².